The summed E-state index contributed by atoms with van der Waals surface area (Å²) in [5.74, 6) is 1.42. The Hall–Kier alpha value is -0.830. The summed E-state index contributed by atoms with van der Waals surface area (Å²) in [6.07, 6.45) is 3.44. The van der Waals surface area contributed by atoms with Gasteiger partial charge >= 0.3 is 0 Å². The molecule has 1 amide bonds. The van der Waals surface area contributed by atoms with Crippen molar-refractivity contribution in [3.8, 4) is 0 Å². The lowest BCUT2D eigenvalue weighted by atomic mass is 10.1. The zero-order chi connectivity index (χ0) is 12.1. The first-order chi connectivity index (χ1) is 7.54. The van der Waals surface area contributed by atoms with Crippen molar-refractivity contribution in [3.05, 3.63) is 12.7 Å². The molecule has 0 saturated heterocycles. The summed E-state index contributed by atoms with van der Waals surface area (Å²) < 4.78 is 5.52. The minimum absolute atomic E-state index is 0.0101. The molecule has 0 aromatic carbocycles. The molecule has 0 aromatic rings. The maximum Gasteiger partial charge on any atom is 0.249 e. The maximum atomic E-state index is 11.9. The molecular weight excluding hydrogens is 202 g/mol. The van der Waals surface area contributed by atoms with Crippen LogP contribution in [0.1, 0.15) is 33.6 Å². The maximum absolute atomic E-state index is 11.9. The largest absolute Gasteiger partial charge is 0.364 e. The molecule has 1 N–H and O–H groups in total. The van der Waals surface area contributed by atoms with Crippen LogP contribution in [0.15, 0.2) is 12.7 Å². The van der Waals surface area contributed by atoms with Gasteiger partial charge in [-0.05, 0) is 38.5 Å². The number of hydrogen-bond donors (Lipinski definition) is 1. The number of rotatable bonds is 7. The van der Waals surface area contributed by atoms with Gasteiger partial charge in [-0.3, -0.25) is 4.79 Å². The van der Waals surface area contributed by atoms with Gasteiger partial charge in [0.15, 0.2) is 0 Å². The van der Waals surface area contributed by atoms with Gasteiger partial charge in [0.1, 0.15) is 6.10 Å². The van der Waals surface area contributed by atoms with Crippen LogP contribution in [0.5, 0.6) is 0 Å². The molecule has 0 bridgehead atoms. The van der Waals surface area contributed by atoms with Gasteiger partial charge in [-0.1, -0.05) is 13.0 Å². The van der Waals surface area contributed by atoms with Crippen LogP contribution >= 0.6 is 0 Å². The van der Waals surface area contributed by atoms with Crippen molar-refractivity contribution < 1.29 is 9.53 Å². The van der Waals surface area contributed by atoms with Gasteiger partial charge in [-0.25, -0.2) is 0 Å². The molecule has 0 aliphatic heterocycles. The quantitative estimate of drug-likeness (QED) is 0.674. The highest BCUT2D eigenvalue weighted by atomic mass is 16.5. The van der Waals surface area contributed by atoms with Crippen LogP contribution in [0.25, 0.3) is 0 Å². The first-order valence-electron chi connectivity index (χ1n) is 6.07. The average molecular weight is 225 g/mol. The van der Waals surface area contributed by atoms with Gasteiger partial charge in [0.2, 0.25) is 5.91 Å². The Kier molecular flexibility index (Phi) is 5.00. The van der Waals surface area contributed by atoms with Crippen molar-refractivity contribution in [1.82, 2.24) is 5.32 Å². The lowest BCUT2D eigenvalue weighted by molar-refractivity contribution is -0.133. The smallest absolute Gasteiger partial charge is 0.249 e. The number of nitrogens with one attached hydrogen (secondary N) is 1. The van der Waals surface area contributed by atoms with Crippen molar-refractivity contribution in [2.45, 2.75) is 45.8 Å². The topological polar surface area (TPSA) is 38.3 Å². The number of carbonyl (C=O) groups excluding carboxylic acids is 1. The summed E-state index contributed by atoms with van der Waals surface area (Å²) in [7, 11) is 0. The third kappa shape index (κ3) is 4.35. The molecule has 0 aromatic heterocycles. The molecular formula is C13H23NO2. The molecule has 1 fully saturated rings. The second-order valence-electron chi connectivity index (χ2n) is 4.98. The average Bonchev–Trinajstić information content (AvgIpc) is 2.87. The molecule has 0 heterocycles. The van der Waals surface area contributed by atoms with E-state index < -0.39 is 0 Å². The van der Waals surface area contributed by atoms with Crippen LogP contribution in [0.2, 0.25) is 0 Å². The standard InChI is InChI=1S/C13H23NO2/c1-5-6-16-12(8-11-7-10(11)4)13(15)14-9(2)3/h5,9-12H,1,6-8H2,2-4H3,(H,14,15). The minimum Gasteiger partial charge on any atom is -0.364 e. The lowest BCUT2D eigenvalue weighted by Gasteiger charge is -2.18. The van der Waals surface area contributed by atoms with E-state index in [4.69, 9.17) is 4.74 Å². The van der Waals surface area contributed by atoms with Gasteiger partial charge in [0.05, 0.1) is 6.61 Å². The molecule has 1 aliphatic rings. The highest BCUT2D eigenvalue weighted by Gasteiger charge is 2.36. The zero-order valence-corrected chi connectivity index (χ0v) is 10.5. The van der Waals surface area contributed by atoms with Crippen molar-refractivity contribution in [2.75, 3.05) is 6.61 Å². The molecule has 3 unspecified atom stereocenters. The molecule has 1 saturated carbocycles. The fourth-order valence-electron chi connectivity index (χ4n) is 1.81. The van der Waals surface area contributed by atoms with E-state index in [2.05, 4.69) is 18.8 Å². The van der Waals surface area contributed by atoms with E-state index in [1.54, 1.807) is 6.08 Å². The summed E-state index contributed by atoms with van der Waals surface area (Å²) in [4.78, 5) is 11.9. The second kappa shape index (κ2) is 6.04. The van der Waals surface area contributed by atoms with Gasteiger partial charge in [0, 0.05) is 6.04 Å². The van der Waals surface area contributed by atoms with Crippen LogP contribution < -0.4 is 5.32 Å². The highest BCUT2D eigenvalue weighted by Crippen LogP contribution is 2.41. The highest BCUT2D eigenvalue weighted by molar-refractivity contribution is 5.81. The van der Waals surface area contributed by atoms with E-state index in [-0.39, 0.29) is 18.1 Å². The van der Waals surface area contributed by atoms with E-state index in [1.807, 2.05) is 13.8 Å². The Morgan fingerprint density at radius 2 is 2.25 bits per heavy atom. The van der Waals surface area contributed by atoms with Gasteiger partial charge < -0.3 is 10.1 Å². The summed E-state index contributed by atoms with van der Waals surface area (Å²) in [5.41, 5.74) is 0. The molecule has 0 spiro atoms. The minimum atomic E-state index is -0.310. The van der Waals surface area contributed by atoms with E-state index >= 15 is 0 Å². The van der Waals surface area contributed by atoms with Gasteiger partial charge in [0.25, 0.3) is 0 Å². The second-order valence-corrected chi connectivity index (χ2v) is 4.98. The molecule has 1 rings (SSSR count). The number of hydrogen-bond acceptors (Lipinski definition) is 2. The van der Waals surface area contributed by atoms with Crippen LogP contribution in [-0.2, 0) is 9.53 Å². The summed E-state index contributed by atoms with van der Waals surface area (Å²) >= 11 is 0. The monoisotopic (exact) mass is 225 g/mol. The third-order valence-electron chi connectivity index (χ3n) is 2.93. The number of ether oxygens (including phenoxy) is 1. The first-order valence-corrected chi connectivity index (χ1v) is 6.07. The molecule has 16 heavy (non-hydrogen) atoms. The lowest BCUT2D eigenvalue weighted by Crippen LogP contribution is -2.40. The van der Waals surface area contributed by atoms with Gasteiger partial charge in [-0.2, -0.15) is 0 Å². The number of carbonyl (C=O) groups is 1. The molecule has 0 radical (unpaired) electrons. The normalized spacial score (nSPS) is 25.2. The Morgan fingerprint density at radius 1 is 1.62 bits per heavy atom. The van der Waals surface area contributed by atoms with Crippen molar-refractivity contribution in [3.63, 3.8) is 0 Å². The van der Waals surface area contributed by atoms with E-state index in [0.29, 0.717) is 12.5 Å². The van der Waals surface area contributed by atoms with Crippen LogP contribution in [-0.4, -0.2) is 24.7 Å². The molecule has 3 atom stereocenters. The summed E-state index contributed by atoms with van der Waals surface area (Å²) in [6, 6.07) is 0.166. The Bertz CT molecular complexity index is 250. The Balaban J connectivity index is 2.41. The number of amides is 1. The fourth-order valence-corrected chi connectivity index (χ4v) is 1.81. The first kappa shape index (κ1) is 13.2. The summed E-state index contributed by atoms with van der Waals surface area (Å²) in [5, 5.41) is 2.90. The van der Waals surface area contributed by atoms with E-state index in [0.717, 1.165) is 12.3 Å². The molecule has 3 heteroatoms. The van der Waals surface area contributed by atoms with E-state index in [9.17, 15) is 4.79 Å². The summed E-state index contributed by atoms with van der Waals surface area (Å²) in [6.45, 7) is 10.2. The zero-order valence-electron chi connectivity index (χ0n) is 10.5. The van der Waals surface area contributed by atoms with E-state index in [1.165, 1.54) is 6.42 Å². The Morgan fingerprint density at radius 3 is 2.69 bits per heavy atom. The molecule has 3 nitrogen and oxygen atoms in total. The van der Waals surface area contributed by atoms with Crippen molar-refractivity contribution >= 4 is 5.91 Å². The Labute approximate surface area is 98.2 Å². The van der Waals surface area contributed by atoms with Gasteiger partial charge in [-0.15, -0.1) is 6.58 Å². The predicted molar refractivity (Wildman–Crippen MR) is 65.1 cm³/mol. The van der Waals surface area contributed by atoms with Crippen molar-refractivity contribution in [2.24, 2.45) is 11.8 Å². The molecule has 92 valence electrons. The molecule has 1 aliphatic carbocycles. The fraction of sp³-hybridized carbons (Fsp3) is 0.769. The SMILES string of the molecule is C=CCOC(CC1CC1C)C(=O)NC(C)C. The van der Waals surface area contributed by atoms with Crippen LogP contribution in [0, 0.1) is 11.8 Å². The predicted octanol–water partition coefficient (Wildman–Crippen LogP) is 2.13. The van der Waals surface area contributed by atoms with Crippen molar-refractivity contribution in [1.29, 1.82) is 0 Å². The third-order valence-corrected chi connectivity index (χ3v) is 2.93. The van der Waals surface area contributed by atoms with Crippen LogP contribution in [0.3, 0.4) is 0 Å². The van der Waals surface area contributed by atoms with Crippen LogP contribution in [0.4, 0.5) is 0 Å².